The van der Waals surface area contributed by atoms with Crippen LogP contribution in [0.3, 0.4) is 0 Å². The van der Waals surface area contributed by atoms with Crippen molar-refractivity contribution in [2.24, 2.45) is 0 Å². The van der Waals surface area contributed by atoms with E-state index in [1.807, 2.05) is 12.4 Å². The molecular weight excluding hydrogens is 236 g/mol. The Morgan fingerprint density at radius 2 is 2.31 bits per heavy atom. The Labute approximate surface area is 103 Å². The van der Waals surface area contributed by atoms with Gasteiger partial charge in [-0.05, 0) is 36.3 Å². The summed E-state index contributed by atoms with van der Waals surface area (Å²) in [5.41, 5.74) is 2.65. The lowest BCUT2D eigenvalue weighted by Crippen LogP contribution is -1.86. The molecule has 0 saturated heterocycles. The van der Waals surface area contributed by atoms with Crippen molar-refractivity contribution >= 4 is 39.1 Å². The zero-order chi connectivity index (χ0) is 11.0. The van der Waals surface area contributed by atoms with Crippen molar-refractivity contribution < 1.29 is 0 Å². The molecule has 0 aliphatic carbocycles. The number of aryl methyl sites for hydroxylation is 1. The summed E-state index contributed by atoms with van der Waals surface area (Å²) in [6.07, 6.45) is 6.11. The molecule has 0 atom stereocenters. The Morgan fingerprint density at radius 3 is 3.19 bits per heavy atom. The highest BCUT2D eigenvalue weighted by atomic mass is 32.1. The van der Waals surface area contributed by atoms with Gasteiger partial charge in [0, 0.05) is 12.4 Å². The van der Waals surface area contributed by atoms with Crippen molar-refractivity contribution in [2.75, 3.05) is 5.75 Å². The molecule has 0 saturated carbocycles. The maximum Gasteiger partial charge on any atom is 0.194 e. The second kappa shape index (κ2) is 4.11. The first-order chi connectivity index (χ1) is 7.88. The SMILES string of the molecule is SCCCc1ccc2c(c1)sc1nccn12. The summed E-state index contributed by atoms with van der Waals surface area (Å²) in [6, 6.07) is 6.67. The molecule has 3 aromatic rings. The minimum Gasteiger partial charge on any atom is -0.290 e. The highest BCUT2D eigenvalue weighted by Crippen LogP contribution is 2.26. The molecule has 2 nitrogen and oxygen atoms in total. The summed E-state index contributed by atoms with van der Waals surface area (Å²) in [7, 11) is 0. The average molecular weight is 248 g/mol. The van der Waals surface area contributed by atoms with Crippen molar-refractivity contribution in [2.45, 2.75) is 12.8 Å². The van der Waals surface area contributed by atoms with Gasteiger partial charge < -0.3 is 0 Å². The highest BCUT2D eigenvalue weighted by molar-refractivity contribution is 7.80. The molecule has 4 heteroatoms. The number of thiazole rings is 1. The van der Waals surface area contributed by atoms with Crippen LogP contribution in [0.4, 0.5) is 0 Å². The zero-order valence-electron chi connectivity index (χ0n) is 8.76. The Bertz CT molecular complexity index is 624. The molecule has 0 spiro atoms. The van der Waals surface area contributed by atoms with Crippen molar-refractivity contribution in [3.8, 4) is 0 Å². The van der Waals surface area contributed by atoms with Crippen LogP contribution >= 0.6 is 24.0 Å². The van der Waals surface area contributed by atoms with E-state index in [9.17, 15) is 0 Å². The van der Waals surface area contributed by atoms with Crippen molar-refractivity contribution in [1.29, 1.82) is 0 Å². The van der Waals surface area contributed by atoms with Gasteiger partial charge in [-0.2, -0.15) is 12.6 Å². The van der Waals surface area contributed by atoms with Crippen LogP contribution in [-0.2, 0) is 6.42 Å². The maximum atomic E-state index is 4.32. The summed E-state index contributed by atoms with van der Waals surface area (Å²) in [5.74, 6) is 0.950. The molecule has 16 heavy (non-hydrogen) atoms. The van der Waals surface area contributed by atoms with Crippen LogP contribution in [-0.4, -0.2) is 15.1 Å². The fraction of sp³-hybridized carbons (Fsp3) is 0.250. The average Bonchev–Trinajstić information content (AvgIpc) is 2.85. The van der Waals surface area contributed by atoms with E-state index < -0.39 is 0 Å². The summed E-state index contributed by atoms with van der Waals surface area (Å²) >= 11 is 5.99. The summed E-state index contributed by atoms with van der Waals surface area (Å²) in [5, 5.41) is 0. The van der Waals surface area contributed by atoms with Gasteiger partial charge in [0.15, 0.2) is 4.96 Å². The molecule has 2 aromatic heterocycles. The predicted molar refractivity (Wildman–Crippen MR) is 72.7 cm³/mol. The fourth-order valence-corrected chi connectivity index (χ4v) is 3.13. The molecule has 0 radical (unpaired) electrons. The number of imidazole rings is 1. The minimum absolute atomic E-state index is 0.950. The van der Waals surface area contributed by atoms with E-state index in [-0.39, 0.29) is 0 Å². The van der Waals surface area contributed by atoms with Crippen LogP contribution in [0.1, 0.15) is 12.0 Å². The van der Waals surface area contributed by atoms with E-state index in [4.69, 9.17) is 0 Å². The molecule has 3 rings (SSSR count). The molecule has 1 aromatic carbocycles. The smallest absolute Gasteiger partial charge is 0.194 e. The van der Waals surface area contributed by atoms with Gasteiger partial charge in [0.1, 0.15) is 0 Å². The number of hydrogen-bond acceptors (Lipinski definition) is 3. The second-order valence-corrected chi connectivity index (χ2v) is 5.27. The molecule has 82 valence electrons. The van der Waals surface area contributed by atoms with Gasteiger partial charge in [-0.3, -0.25) is 4.40 Å². The van der Waals surface area contributed by atoms with E-state index in [0.717, 1.165) is 23.6 Å². The molecule has 0 N–H and O–H groups in total. The van der Waals surface area contributed by atoms with Crippen LogP contribution in [0.25, 0.3) is 15.2 Å². The predicted octanol–water partition coefficient (Wildman–Crippen LogP) is 3.41. The quantitative estimate of drug-likeness (QED) is 0.703. The summed E-state index contributed by atoms with van der Waals surface area (Å²) in [6.45, 7) is 0. The van der Waals surface area contributed by atoms with Gasteiger partial charge >= 0.3 is 0 Å². The van der Waals surface area contributed by atoms with Crippen molar-refractivity contribution in [3.63, 3.8) is 0 Å². The van der Waals surface area contributed by atoms with Gasteiger partial charge in [0.2, 0.25) is 0 Å². The van der Waals surface area contributed by atoms with Crippen molar-refractivity contribution in [3.05, 3.63) is 36.2 Å². The summed E-state index contributed by atoms with van der Waals surface area (Å²) < 4.78 is 3.46. The second-order valence-electron chi connectivity index (χ2n) is 3.81. The number of benzene rings is 1. The number of nitrogens with zero attached hydrogens (tertiary/aromatic N) is 2. The first kappa shape index (κ1) is 10.2. The topological polar surface area (TPSA) is 17.3 Å². The number of fused-ring (bicyclic) bond motifs is 3. The third-order valence-electron chi connectivity index (χ3n) is 2.72. The Morgan fingerprint density at radius 1 is 1.38 bits per heavy atom. The van der Waals surface area contributed by atoms with Gasteiger partial charge in [-0.15, -0.1) is 0 Å². The molecule has 0 fully saturated rings. The molecule has 0 aliphatic rings. The lowest BCUT2D eigenvalue weighted by molar-refractivity contribution is 0.938. The largest absolute Gasteiger partial charge is 0.290 e. The van der Waals surface area contributed by atoms with Crippen LogP contribution in [0.2, 0.25) is 0 Å². The number of rotatable bonds is 3. The highest BCUT2D eigenvalue weighted by Gasteiger charge is 2.05. The summed E-state index contributed by atoms with van der Waals surface area (Å²) in [4.78, 5) is 5.39. The van der Waals surface area contributed by atoms with Gasteiger partial charge in [-0.25, -0.2) is 4.98 Å². The first-order valence-corrected chi connectivity index (χ1v) is 6.79. The maximum absolute atomic E-state index is 4.32. The first-order valence-electron chi connectivity index (χ1n) is 5.34. The van der Waals surface area contributed by atoms with Gasteiger partial charge in [0.25, 0.3) is 0 Å². The monoisotopic (exact) mass is 248 g/mol. The van der Waals surface area contributed by atoms with E-state index in [0.29, 0.717) is 0 Å². The van der Waals surface area contributed by atoms with E-state index in [1.54, 1.807) is 11.3 Å². The van der Waals surface area contributed by atoms with Gasteiger partial charge in [0.05, 0.1) is 10.2 Å². The molecule has 0 bridgehead atoms. The Kier molecular flexibility index (Phi) is 2.61. The normalized spacial score (nSPS) is 11.6. The van der Waals surface area contributed by atoms with Crippen LogP contribution in [0.5, 0.6) is 0 Å². The zero-order valence-corrected chi connectivity index (χ0v) is 10.5. The Hall–Kier alpha value is -1.00. The van der Waals surface area contributed by atoms with E-state index in [2.05, 4.69) is 40.2 Å². The minimum atomic E-state index is 0.950. The van der Waals surface area contributed by atoms with Gasteiger partial charge in [-0.1, -0.05) is 17.4 Å². The third-order valence-corrected chi connectivity index (χ3v) is 4.06. The van der Waals surface area contributed by atoms with Crippen LogP contribution in [0, 0.1) is 0 Å². The molecule has 2 heterocycles. The molecule has 0 unspecified atom stereocenters. The fourth-order valence-electron chi connectivity index (χ4n) is 1.92. The standard InChI is InChI=1S/C12H12N2S2/c15-7-1-2-9-3-4-10-11(8-9)16-12-13-5-6-14(10)12/h3-6,8,15H,1-2,7H2. The van der Waals surface area contributed by atoms with Crippen LogP contribution in [0.15, 0.2) is 30.6 Å². The van der Waals surface area contributed by atoms with E-state index in [1.165, 1.54) is 15.8 Å². The molecule has 0 amide bonds. The lowest BCUT2D eigenvalue weighted by atomic mass is 10.1. The number of aromatic nitrogens is 2. The third kappa shape index (κ3) is 1.62. The number of thiol groups is 1. The van der Waals surface area contributed by atoms with E-state index >= 15 is 0 Å². The number of hydrogen-bond donors (Lipinski definition) is 1. The van der Waals surface area contributed by atoms with Crippen molar-refractivity contribution in [1.82, 2.24) is 9.38 Å². The Balaban J connectivity index is 2.10. The lowest BCUT2D eigenvalue weighted by Gasteiger charge is -1.99. The van der Waals surface area contributed by atoms with Crippen LogP contribution < -0.4 is 0 Å². The molecule has 0 aliphatic heterocycles. The molecular formula is C12H12N2S2.